The van der Waals surface area contributed by atoms with Crippen molar-refractivity contribution in [1.82, 2.24) is 4.90 Å². The summed E-state index contributed by atoms with van der Waals surface area (Å²) in [5.41, 5.74) is 1.65. The first-order valence-electron chi connectivity index (χ1n) is 9.20. The molecular formula is C22H24N2O4. The van der Waals surface area contributed by atoms with Gasteiger partial charge in [-0.2, -0.15) is 5.26 Å². The van der Waals surface area contributed by atoms with Gasteiger partial charge >= 0.3 is 11.9 Å². The molecule has 6 heteroatoms. The lowest BCUT2D eigenvalue weighted by molar-refractivity contribution is -0.159. The SMILES string of the molecule is N#CC(CCN1CCCC1)(c1ccccc1)c1ccccc1.O=C(O)C(=O)O. The number of carboxylic acid groups (broad SMARTS) is 2. The van der Waals surface area contributed by atoms with E-state index in [-0.39, 0.29) is 0 Å². The Balaban J connectivity index is 0.000000409. The second kappa shape index (κ2) is 10.2. The Kier molecular flexibility index (Phi) is 7.73. The predicted octanol–water partition coefficient (Wildman–Crippen LogP) is 3.14. The standard InChI is InChI=1S/C20H22N2.C2H2O4/c21-17-20(18-9-3-1-4-10-18,19-11-5-2-6-12-19)13-16-22-14-7-8-15-22;3-1(4)2(5)6/h1-6,9-12H,7-8,13-16H2;(H,3,4)(H,5,6). The van der Waals surface area contributed by atoms with Gasteiger partial charge in [0.1, 0.15) is 5.41 Å². The van der Waals surface area contributed by atoms with Gasteiger partial charge in [-0.05, 0) is 43.5 Å². The maximum Gasteiger partial charge on any atom is 0.414 e. The minimum absolute atomic E-state index is 0.550. The van der Waals surface area contributed by atoms with Gasteiger partial charge in [0.15, 0.2) is 0 Å². The van der Waals surface area contributed by atoms with Crippen molar-refractivity contribution in [3.05, 3.63) is 71.8 Å². The zero-order valence-corrected chi connectivity index (χ0v) is 15.6. The van der Waals surface area contributed by atoms with Crippen molar-refractivity contribution in [2.24, 2.45) is 0 Å². The van der Waals surface area contributed by atoms with Crippen LogP contribution in [0.15, 0.2) is 60.7 Å². The first-order valence-corrected chi connectivity index (χ1v) is 9.20. The Labute approximate surface area is 164 Å². The van der Waals surface area contributed by atoms with Crippen LogP contribution in [-0.4, -0.2) is 46.7 Å². The average molecular weight is 380 g/mol. The van der Waals surface area contributed by atoms with Gasteiger partial charge in [0, 0.05) is 6.54 Å². The van der Waals surface area contributed by atoms with Gasteiger partial charge in [0.25, 0.3) is 0 Å². The molecule has 0 radical (unpaired) electrons. The smallest absolute Gasteiger partial charge is 0.414 e. The third-order valence-electron chi connectivity index (χ3n) is 4.91. The second-order valence-corrected chi connectivity index (χ2v) is 6.66. The summed E-state index contributed by atoms with van der Waals surface area (Å²) >= 11 is 0. The Morgan fingerprint density at radius 3 is 1.68 bits per heavy atom. The molecule has 2 N–H and O–H groups in total. The number of carbonyl (C=O) groups is 2. The minimum Gasteiger partial charge on any atom is -0.473 e. The van der Waals surface area contributed by atoms with Crippen molar-refractivity contribution in [2.75, 3.05) is 19.6 Å². The highest BCUT2D eigenvalue weighted by Crippen LogP contribution is 2.35. The van der Waals surface area contributed by atoms with E-state index in [4.69, 9.17) is 19.8 Å². The van der Waals surface area contributed by atoms with Gasteiger partial charge in [0.2, 0.25) is 0 Å². The first kappa shape index (κ1) is 21.1. The largest absolute Gasteiger partial charge is 0.473 e. The molecule has 2 aromatic rings. The molecule has 1 heterocycles. The summed E-state index contributed by atoms with van der Waals surface area (Å²) in [4.78, 5) is 20.7. The fraction of sp³-hybridized carbons (Fsp3) is 0.318. The molecule has 1 aliphatic heterocycles. The van der Waals surface area contributed by atoms with Crippen molar-refractivity contribution in [3.8, 4) is 6.07 Å². The van der Waals surface area contributed by atoms with Crippen molar-refractivity contribution in [1.29, 1.82) is 5.26 Å². The van der Waals surface area contributed by atoms with Crippen LogP contribution in [0.1, 0.15) is 30.4 Å². The van der Waals surface area contributed by atoms with Crippen LogP contribution in [0.3, 0.4) is 0 Å². The highest BCUT2D eigenvalue weighted by atomic mass is 16.4. The number of carboxylic acids is 2. The van der Waals surface area contributed by atoms with E-state index in [2.05, 4.69) is 35.2 Å². The highest BCUT2D eigenvalue weighted by molar-refractivity contribution is 6.27. The fourth-order valence-corrected chi connectivity index (χ4v) is 3.42. The molecule has 2 aromatic carbocycles. The van der Waals surface area contributed by atoms with Crippen LogP contribution in [0.5, 0.6) is 0 Å². The van der Waals surface area contributed by atoms with E-state index < -0.39 is 17.4 Å². The van der Waals surface area contributed by atoms with Crippen LogP contribution in [-0.2, 0) is 15.0 Å². The van der Waals surface area contributed by atoms with E-state index >= 15 is 0 Å². The number of hydrogen-bond acceptors (Lipinski definition) is 4. The van der Waals surface area contributed by atoms with Crippen molar-refractivity contribution < 1.29 is 19.8 Å². The lowest BCUT2D eigenvalue weighted by Crippen LogP contribution is -2.32. The third-order valence-corrected chi connectivity index (χ3v) is 4.91. The fourth-order valence-electron chi connectivity index (χ4n) is 3.42. The number of nitriles is 1. The summed E-state index contributed by atoms with van der Waals surface area (Å²) in [7, 11) is 0. The number of aliphatic carboxylic acids is 2. The molecule has 28 heavy (non-hydrogen) atoms. The lowest BCUT2D eigenvalue weighted by Gasteiger charge is -2.30. The summed E-state index contributed by atoms with van der Waals surface area (Å²) in [5.74, 6) is -3.65. The molecule has 0 unspecified atom stereocenters. The zero-order valence-electron chi connectivity index (χ0n) is 15.6. The summed E-state index contributed by atoms with van der Waals surface area (Å²) in [5, 5.41) is 24.9. The monoisotopic (exact) mass is 380 g/mol. The van der Waals surface area contributed by atoms with Gasteiger partial charge < -0.3 is 15.1 Å². The van der Waals surface area contributed by atoms with Gasteiger partial charge in [0.05, 0.1) is 6.07 Å². The quantitative estimate of drug-likeness (QED) is 0.773. The molecule has 6 nitrogen and oxygen atoms in total. The molecule has 0 amide bonds. The summed E-state index contributed by atoms with van der Waals surface area (Å²) in [6.07, 6.45) is 3.42. The van der Waals surface area contributed by atoms with Crippen LogP contribution in [0.4, 0.5) is 0 Å². The maximum atomic E-state index is 10.1. The van der Waals surface area contributed by atoms with Crippen molar-refractivity contribution >= 4 is 11.9 Å². The molecule has 0 bridgehead atoms. The normalized spacial score (nSPS) is 13.8. The number of nitrogens with zero attached hydrogens (tertiary/aromatic N) is 2. The van der Waals surface area contributed by atoms with Crippen molar-refractivity contribution in [2.45, 2.75) is 24.7 Å². The molecule has 1 aliphatic rings. The lowest BCUT2D eigenvalue weighted by atomic mass is 9.73. The topological polar surface area (TPSA) is 102 Å². The van der Waals surface area contributed by atoms with Crippen LogP contribution >= 0.6 is 0 Å². The number of benzene rings is 2. The van der Waals surface area contributed by atoms with Crippen LogP contribution in [0.25, 0.3) is 0 Å². The second-order valence-electron chi connectivity index (χ2n) is 6.66. The molecule has 0 spiro atoms. The summed E-state index contributed by atoms with van der Waals surface area (Å²) < 4.78 is 0. The third kappa shape index (κ3) is 5.41. The minimum atomic E-state index is -1.82. The number of rotatable bonds is 5. The molecule has 146 valence electrons. The van der Waals surface area contributed by atoms with Crippen LogP contribution in [0.2, 0.25) is 0 Å². The molecule has 0 aliphatic carbocycles. The Bertz CT molecular complexity index is 758. The summed E-state index contributed by atoms with van der Waals surface area (Å²) in [6.45, 7) is 3.33. The molecule has 0 saturated carbocycles. The van der Waals surface area contributed by atoms with Crippen LogP contribution in [0, 0.1) is 11.3 Å². The van der Waals surface area contributed by atoms with Crippen molar-refractivity contribution in [3.63, 3.8) is 0 Å². The van der Waals surface area contributed by atoms with Gasteiger partial charge in [-0.3, -0.25) is 0 Å². The van der Waals surface area contributed by atoms with E-state index in [1.165, 1.54) is 25.9 Å². The van der Waals surface area contributed by atoms with E-state index in [0.29, 0.717) is 0 Å². The number of hydrogen-bond donors (Lipinski definition) is 2. The van der Waals surface area contributed by atoms with Gasteiger partial charge in [-0.1, -0.05) is 60.7 Å². The molecule has 1 saturated heterocycles. The van der Waals surface area contributed by atoms with Crippen LogP contribution < -0.4 is 0 Å². The van der Waals surface area contributed by atoms with E-state index in [1.807, 2.05) is 36.4 Å². The predicted molar refractivity (Wildman–Crippen MR) is 105 cm³/mol. The first-order chi connectivity index (χ1) is 13.5. The molecular weight excluding hydrogens is 356 g/mol. The van der Waals surface area contributed by atoms with E-state index in [1.54, 1.807) is 0 Å². The average Bonchev–Trinajstić information content (AvgIpc) is 3.25. The highest BCUT2D eigenvalue weighted by Gasteiger charge is 2.34. The zero-order chi connectivity index (χ0) is 20.4. The molecule has 1 fully saturated rings. The summed E-state index contributed by atoms with van der Waals surface area (Å²) in [6, 6.07) is 23.1. The van der Waals surface area contributed by atoms with E-state index in [0.717, 1.165) is 24.1 Å². The molecule has 0 atom stereocenters. The Hall–Kier alpha value is -3.17. The van der Waals surface area contributed by atoms with E-state index in [9.17, 15) is 5.26 Å². The maximum absolute atomic E-state index is 10.1. The molecule has 0 aromatic heterocycles. The van der Waals surface area contributed by atoms with Gasteiger partial charge in [-0.25, -0.2) is 9.59 Å². The van der Waals surface area contributed by atoms with Gasteiger partial charge in [-0.15, -0.1) is 0 Å². The Morgan fingerprint density at radius 2 is 1.32 bits per heavy atom. The Morgan fingerprint density at radius 1 is 0.893 bits per heavy atom. The molecule has 3 rings (SSSR count). The number of likely N-dealkylation sites (tertiary alicyclic amines) is 1.